The van der Waals surface area contributed by atoms with Gasteiger partial charge in [0.1, 0.15) is 0 Å². The van der Waals surface area contributed by atoms with Crippen molar-refractivity contribution in [1.82, 2.24) is 4.90 Å². The second-order valence-corrected chi connectivity index (χ2v) is 5.27. The van der Waals surface area contributed by atoms with Gasteiger partial charge in [0.25, 0.3) is 5.69 Å². The standard InChI is InChI=1S/C14H21N3O3/c1-10(2)16-7-8-20-13(9-15)14(16)11-3-5-12(6-4-11)17(18)19/h3-6,10,13-14H,7-9,15H2,1-2H3. The van der Waals surface area contributed by atoms with Crippen LogP contribution >= 0.6 is 0 Å². The minimum atomic E-state index is -0.387. The van der Waals surface area contributed by atoms with Crippen LogP contribution in [0.15, 0.2) is 24.3 Å². The highest BCUT2D eigenvalue weighted by Crippen LogP contribution is 2.31. The van der Waals surface area contributed by atoms with Crippen molar-refractivity contribution in [2.45, 2.75) is 32.0 Å². The number of nitro benzene ring substituents is 1. The topological polar surface area (TPSA) is 81.6 Å². The predicted octanol–water partition coefficient (Wildman–Crippen LogP) is 1.70. The molecule has 2 atom stereocenters. The van der Waals surface area contributed by atoms with E-state index in [4.69, 9.17) is 10.5 Å². The van der Waals surface area contributed by atoms with Crippen LogP contribution in [0.25, 0.3) is 0 Å². The third-order valence-electron chi connectivity index (χ3n) is 3.73. The number of benzene rings is 1. The number of hydrogen-bond donors (Lipinski definition) is 1. The zero-order valence-electron chi connectivity index (χ0n) is 11.9. The molecule has 2 rings (SSSR count). The maximum absolute atomic E-state index is 10.7. The number of rotatable bonds is 4. The third kappa shape index (κ3) is 2.98. The Hall–Kier alpha value is -1.50. The first-order chi connectivity index (χ1) is 9.54. The second-order valence-electron chi connectivity index (χ2n) is 5.27. The smallest absolute Gasteiger partial charge is 0.269 e. The van der Waals surface area contributed by atoms with Crippen LogP contribution in [0.1, 0.15) is 25.5 Å². The van der Waals surface area contributed by atoms with Gasteiger partial charge < -0.3 is 10.5 Å². The van der Waals surface area contributed by atoms with Gasteiger partial charge in [0.05, 0.1) is 23.7 Å². The molecule has 1 fully saturated rings. The Kier molecular flexibility index (Phi) is 4.69. The highest BCUT2D eigenvalue weighted by molar-refractivity contribution is 5.35. The average Bonchev–Trinajstić information content (AvgIpc) is 2.46. The lowest BCUT2D eigenvalue weighted by Gasteiger charge is -2.43. The van der Waals surface area contributed by atoms with Gasteiger partial charge in [-0.25, -0.2) is 0 Å². The van der Waals surface area contributed by atoms with Gasteiger partial charge in [-0.1, -0.05) is 12.1 Å². The zero-order chi connectivity index (χ0) is 14.7. The van der Waals surface area contributed by atoms with E-state index >= 15 is 0 Å². The summed E-state index contributed by atoms with van der Waals surface area (Å²) in [6.45, 7) is 6.22. The molecule has 1 heterocycles. The molecule has 2 unspecified atom stereocenters. The molecule has 20 heavy (non-hydrogen) atoms. The molecule has 0 bridgehead atoms. The normalized spacial score (nSPS) is 24.0. The van der Waals surface area contributed by atoms with Crippen LogP contribution in [-0.2, 0) is 4.74 Å². The van der Waals surface area contributed by atoms with Crippen molar-refractivity contribution in [3.05, 3.63) is 39.9 Å². The lowest BCUT2D eigenvalue weighted by Crippen LogP contribution is -2.50. The fourth-order valence-corrected chi connectivity index (χ4v) is 2.73. The van der Waals surface area contributed by atoms with Gasteiger partial charge in [0.2, 0.25) is 0 Å². The van der Waals surface area contributed by atoms with Gasteiger partial charge in [0, 0.05) is 31.3 Å². The summed E-state index contributed by atoms with van der Waals surface area (Å²) in [5, 5.41) is 10.7. The summed E-state index contributed by atoms with van der Waals surface area (Å²) in [7, 11) is 0. The van der Waals surface area contributed by atoms with Crippen LogP contribution in [0.2, 0.25) is 0 Å². The van der Waals surface area contributed by atoms with Gasteiger partial charge in [-0.05, 0) is 19.4 Å². The Morgan fingerprint density at radius 2 is 2.10 bits per heavy atom. The number of morpholine rings is 1. The zero-order valence-corrected chi connectivity index (χ0v) is 11.9. The van der Waals surface area contributed by atoms with Crippen molar-refractivity contribution in [3.8, 4) is 0 Å². The predicted molar refractivity (Wildman–Crippen MR) is 76.5 cm³/mol. The molecule has 1 saturated heterocycles. The maximum Gasteiger partial charge on any atom is 0.269 e. The lowest BCUT2D eigenvalue weighted by molar-refractivity contribution is -0.384. The summed E-state index contributed by atoms with van der Waals surface area (Å²) in [5.74, 6) is 0. The molecule has 110 valence electrons. The Labute approximate surface area is 118 Å². The minimum absolute atomic E-state index is 0.0505. The van der Waals surface area contributed by atoms with E-state index in [2.05, 4.69) is 18.7 Å². The SMILES string of the molecule is CC(C)N1CCOC(CN)C1c1ccc([N+](=O)[O-])cc1. The number of hydrogen-bond acceptors (Lipinski definition) is 5. The molecule has 1 aromatic rings. The van der Waals surface area contributed by atoms with Crippen molar-refractivity contribution in [2.24, 2.45) is 5.73 Å². The molecule has 1 aromatic carbocycles. The van der Waals surface area contributed by atoms with E-state index in [1.165, 1.54) is 12.1 Å². The Morgan fingerprint density at radius 1 is 1.45 bits per heavy atom. The Balaban J connectivity index is 2.30. The van der Waals surface area contributed by atoms with E-state index in [0.29, 0.717) is 19.2 Å². The van der Waals surface area contributed by atoms with E-state index in [1.54, 1.807) is 12.1 Å². The molecule has 0 aliphatic carbocycles. The molecular weight excluding hydrogens is 258 g/mol. The van der Waals surface area contributed by atoms with Crippen LogP contribution in [0.5, 0.6) is 0 Å². The quantitative estimate of drug-likeness (QED) is 0.670. The molecule has 0 radical (unpaired) electrons. The third-order valence-corrected chi connectivity index (χ3v) is 3.73. The maximum atomic E-state index is 10.7. The molecule has 6 nitrogen and oxygen atoms in total. The fraction of sp³-hybridized carbons (Fsp3) is 0.571. The number of ether oxygens (including phenoxy) is 1. The van der Waals surface area contributed by atoms with Crippen LogP contribution < -0.4 is 5.73 Å². The fourth-order valence-electron chi connectivity index (χ4n) is 2.73. The summed E-state index contributed by atoms with van der Waals surface area (Å²) < 4.78 is 5.75. The first kappa shape index (κ1) is 14.9. The van der Waals surface area contributed by atoms with E-state index in [9.17, 15) is 10.1 Å². The molecule has 2 N–H and O–H groups in total. The summed E-state index contributed by atoms with van der Waals surface area (Å²) >= 11 is 0. The molecular formula is C14H21N3O3. The van der Waals surface area contributed by atoms with Gasteiger partial charge in [-0.2, -0.15) is 0 Å². The van der Waals surface area contributed by atoms with Gasteiger partial charge in [-0.3, -0.25) is 15.0 Å². The van der Waals surface area contributed by atoms with Crippen molar-refractivity contribution in [1.29, 1.82) is 0 Å². The first-order valence-electron chi connectivity index (χ1n) is 6.86. The van der Waals surface area contributed by atoms with Gasteiger partial charge in [-0.15, -0.1) is 0 Å². The number of nitro groups is 1. The summed E-state index contributed by atoms with van der Waals surface area (Å²) in [5.41, 5.74) is 6.93. The second kappa shape index (κ2) is 6.30. The van der Waals surface area contributed by atoms with Gasteiger partial charge >= 0.3 is 0 Å². The molecule has 0 saturated carbocycles. The number of nitrogens with two attached hydrogens (primary N) is 1. The van der Waals surface area contributed by atoms with Crippen LogP contribution in [0.4, 0.5) is 5.69 Å². The summed E-state index contributed by atoms with van der Waals surface area (Å²) in [6.07, 6.45) is -0.0763. The molecule has 1 aliphatic heterocycles. The Bertz CT molecular complexity index is 461. The lowest BCUT2D eigenvalue weighted by atomic mass is 9.96. The van der Waals surface area contributed by atoms with Crippen molar-refractivity contribution >= 4 is 5.69 Å². The van der Waals surface area contributed by atoms with Crippen molar-refractivity contribution in [2.75, 3.05) is 19.7 Å². The highest BCUT2D eigenvalue weighted by atomic mass is 16.6. The first-order valence-corrected chi connectivity index (χ1v) is 6.86. The number of non-ortho nitro benzene ring substituents is 1. The van der Waals surface area contributed by atoms with E-state index in [-0.39, 0.29) is 22.8 Å². The van der Waals surface area contributed by atoms with E-state index in [1.807, 2.05) is 0 Å². The van der Waals surface area contributed by atoms with E-state index in [0.717, 1.165) is 12.1 Å². The van der Waals surface area contributed by atoms with Crippen LogP contribution in [0, 0.1) is 10.1 Å². The number of nitrogens with zero attached hydrogens (tertiary/aromatic N) is 2. The minimum Gasteiger partial charge on any atom is -0.374 e. The van der Waals surface area contributed by atoms with E-state index < -0.39 is 0 Å². The molecule has 6 heteroatoms. The van der Waals surface area contributed by atoms with Crippen LogP contribution in [-0.4, -0.2) is 41.7 Å². The highest BCUT2D eigenvalue weighted by Gasteiger charge is 2.34. The molecule has 0 aromatic heterocycles. The van der Waals surface area contributed by atoms with Crippen LogP contribution in [0.3, 0.4) is 0 Å². The van der Waals surface area contributed by atoms with Crippen molar-refractivity contribution < 1.29 is 9.66 Å². The Morgan fingerprint density at radius 3 is 2.60 bits per heavy atom. The summed E-state index contributed by atoms with van der Waals surface area (Å²) in [6, 6.07) is 7.10. The molecule has 0 spiro atoms. The average molecular weight is 279 g/mol. The largest absolute Gasteiger partial charge is 0.374 e. The summed E-state index contributed by atoms with van der Waals surface area (Å²) in [4.78, 5) is 12.7. The monoisotopic (exact) mass is 279 g/mol. The molecule has 1 aliphatic rings. The van der Waals surface area contributed by atoms with Gasteiger partial charge in [0.15, 0.2) is 0 Å². The molecule has 0 amide bonds. The van der Waals surface area contributed by atoms with Crippen molar-refractivity contribution in [3.63, 3.8) is 0 Å².